The molecule has 1 aliphatic carbocycles. The molecule has 2 rings (SSSR count). The number of hydrogen-bond acceptors (Lipinski definition) is 3. The third-order valence-electron chi connectivity index (χ3n) is 5.04. The average Bonchev–Trinajstić information content (AvgIpc) is 2.95. The van der Waals surface area contributed by atoms with Crippen LogP contribution in [0.25, 0.3) is 0 Å². The number of nitrogens with one attached hydrogen (secondary N) is 1. The molecule has 1 heterocycles. The van der Waals surface area contributed by atoms with Crippen molar-refractivity contribution in [2.75, 3.05) is 33.3 Å². The topological polar surface area (TPSA) is 53.9 Å². The summed E-state index contributed by atoms with van der Waals surface area (Å²) in [4.78, 5) is 18.6. The van der Waals surface area contributed by atoms with Crippen LogP contribution in [-0.2, 0) is 9.53 Å². The van der Waals surface area contributed by atoms with E-state index in [1.807, 2.05) is 14.0 Å². The van der Waals surface area contributed by atoms with Gasteiger partial charge in [0, 0.05) is 26.7 Å². The van der Waals surface area contributed by atoms with Crippen LogP contribution in [-0.4, -0.2) is 50.1 Å². The van der Waals surface area contributed by atoms with E-state index in [1.165, 1.54) is 25.7 Å². The number of aliphatic imine (C=N–C) groups is 1. The maximum absolute atomic E-state index is 12.0. The van der Waals surface area contributed by atoms with E-state index in [4.69, 9.17) is 4.74 Å². The van der Waals surface area contributed by atoms with Gasteiger partial charge in [-0.05, 0) is 38.0 Å². The summed E-state index contributed by atoms with van der Waals surface area (Å²) in [6.07, 6.45) is 7.20. The van der Waals surface area contributed by atoms with Crippen LogP contribution in [0.15, 0.2) is 4.99 Å². The van der Waals surface area contributed by atoms with Crippen molar-refractivity contribution in [2.45, 2.75) is 52.4 Å². The summed E-state index contributed by atoms with van der Waals surface area (Å²) in [6, 6.07) is 0. The third-order valence-corrected chi connectivity index (χ3v) is 5.04. The normalized spacial score (nSPS) is 24.0. The Kier molecular flexibility index (Phi) is 8.64. The second-order valence-corrected chi connectivity index (χ2v) is 6.96. The van der Waals surface area contributed by atoms with Crippen molar-refractivity contribution in [1.29, 1.82) is 0 Å². The lowest BCUT2D eigenvalue weighted by molar-refractivity contribution is -0.149. The van der Waals surface area contributed by atoms with E-state index in [9.17, 15) is 4.79 Å². The molecule has 23 heavy (non-hydrogen) atoms. The Morgan fingerprint density at radius 1 is 1.35 bits per heavy atom. The number of carbonyl (C=O) groups excluding carboxylic acids is 1. The van der Waals surface area contributed by atoms with Gasteiger partial charge in [-0.15, -0.1) is 24.0 Å². The van der Waals surface area contributed by atoms with Crippen molar-refractivity contribution >= 4 is 35.9 Å². The van der Waals surface area contributed by atoms with Gasteiger partial charge >= 0.3 is 5.97 Å². The van der Waals surface area contributed by atoms with Crippen molar-refractivity contribution in [1.82, 2.24) is 10.2 Å². The van der Waals surface area contributed by atoms with Crippen LogP contribution < -0.4 is 5.32 Å². The van der Waals surface area contributed by atoms with Crippen LogP contribution >= 0.6 is 24.0 Å². The maximum atomic E-state index is 12.0. The van der Waals surface area contributed by atoms with Crippen molar-refractivity contribution in [3.05, 3.63) is 0 Å². The molecule has 0 bridgehead atoms. The summed E-state index contributed by atoms with van der Waals surface area (Å²) < 4.78 is 5.17. The van der Waals surface area contributed by atoms with Gasteiger partial charge in [0.05, 0.1) is 12.5 Å². The van der Waals surface area contributed by atoms with Gasteiger partial charge in [-0.1, -0.05) is 19.8 Å². The molecule has 1 aliphatic heterocycles. The minimum Gasteiger partial charge on any atom is -0.466 e. The molecule has 0 aromatic carbocycles. The van der Waals surface area contributed by atoms with Crippen LogP contribution in [0.1, 0.15) is 52.4 Å². The maximum Gasteiger partial charge on any atom is 0.310 e. The molecular formula is C17H32IN3O2. The molecule has 134 valence electrons. The fourth-order valence-electron chi connectivity index (χ4n) is 3.65. The predicted molar refractivity (Wildman–Crippen MR) is 104 cm³/mol. The van der Waals surface area contributed by atoms with Gasteiger partial charge in [0.25, 0.3) is 0 Å². The molecule has 0 aromatic heterocycles. The van der Waals surface area contributed by atoms with Gasteiger partial charge in [-0.2, -0.15) is 0 Å². The molecular weight excluding hydrogens is 405 g/mol. The molecule has 1 saturated heterocycles. The Labute approximate surface area is 157 Å². The minimum absolute atomic E-state index is 0. The molecule has 0 spiro atoms. The molecule has 0 amide bonds. The van der Waals surface area contributed by atoms with E-state index in [1.54, 1.807) is 0 Å². The van der Waals surface area contributed by atoms with Crippen molar-refractivity contribution in [3.8, 4) is 0 Å². The molecule has 0 aromatic rings. The molecule has 1 atom stereocenters. The van der Waals surface area contributed by atoms with Gasteiger partial charge in [0.2, 0.25) is 0 Å². The number of halogens is 1. The smallest absolute Gasteiger partial charge is 0.310 e. The SMILES string of the molecule is CCOC(=O)C1CCCN(C(=NC)NCC2(C)CCCC2)C1.I. The molecule has 5 nitrogen and oxygen atoms in total. The summed E-state index contributed by atoms with van der Waals surface area (Å²) in [6.45, 7) is 7.33. The summed E-state index contributed by atoms with van der Waals surface area (Å²) >= 11 is 0. The summed E-state index contributed by atoms with van der Waals surface area (Å²) in [5.74, 6) is 0.849. The van der Waals surface area contributed by atoms with Crippen LogP contribution in [0.5, 0.6) is 0 Å². The highest BCUT2D eigenvalue weighted by Gasteiger charge is 2.31. The molecule has 1 saturated carbocycles. The zero-order valence-corrected chi connectivity index (χ0v) is 17.1. The second kappa shape index (κ2) is 9.69. The summed E-state index contributed by atoms with van der Waals surface area (Å²) in [7, 11) is 1.83. The zero-order chi connectivity index (χ0) is 16.0. The lowest BCUT2D eigenvalue weighted by Gasteiger charge is -2.35. The van der Waals surface area contributed by atoms with E-state index in [2.05, 4.69) is 22.1 Å². The van der Waals surface area contributed by atoms with Gasteiger partial charge in [0.1, 0.15) is 0 Å². The Bertz CT molecular complexity index is 409. The van der Waals surface area contributed by atoms with Crippen LogP contribution in [0, 0.1) is 11.3 Å². The number of guanidine groups is 1. The first-order chi connectivity index (χ1) is 10.6. The number of ether oxygens (including phenoxy) is 1. The van der Waals surface area contributed by atoms with E-state index >= 15 is 0 Å². The van der Waals surface area contributed by atoms with E-state index in [0.29, 0.717) is 12.0 Å². The first-order valence-electron chi connectivity index (χ1n) is 8.70. The highest BCUT2D eigenvalue weighted by atomic mass is 127. The number of hydrogen-bond donors (Lipinski definition) is 1. The largest absolute Gasteiger partial charge is 0.466 e. The summed E-state index contributed by atoms with van der Waals surface area (Å²) in [5, 5.41) is 3.54. The fraction of sp³-hybridized carbons (Fsp3) is 0.882. The molecule has 6 heteroatoms. The van der Waals surface area contributed by atoms with Crippen molar-refractivity contribution in [3.63, 3.8) is 0 Å². The van der Waals surface area contributed by atoms with Crippen molar-refractivity contribution < 1.29 is 9.53 Å². The molecule has 1 unspecified atom stereocenters. The number of nitrogens with zero attached hydrogens (tertiary/aromatic N) is 2. The molecule has 2 fully saturated rings. The minimum atomic E-state index is -0.0644. The van der Waals surface area contributed by atoms with E-state index < -0.39 is 0 Å². The second-order valence-electron chi connectivity index (χ2n) is 6.96. The monoisotopic (exact) mass is 437 g/mol. The number of esters is 1. The van der Waals surface area contributed by atoms with E-state index in [0.717, 1.165) is 38.4 Å². The van der Waals surface area contributed by atoms with Crippen molar-refractivity contribution in [2.24, 2.45) is 16.3 Å². The Morgan fingerprint density at radius 2 is 2.04 bits per heavy atom. The fourth-order valence-corrected chi connectivity index (χ4v) is 3.65. The highest BCUT2D eigenvalue weighted by Crippen LogP contribution is 2.36. The lowest BCUT2D eigenvalue weighted by Crippen LogP contribution is -2.50. The average molecular weight is 437 g/mol. The van der Waals surface area contributed by atoms with Crippen LogP contribution in [0.2, 0.25) is 0 Å². The van der Waals surface area contributed by atoms with Gasteiger partial charge in [0.15, 0.2) is 5.96 Å². The molecule has 1 N–H and O–H groups in total. The van der Waals surface area contributed by atoms with Crippen LogP contribution in [0.4, 0.5) is 0 Å². The van der Waals surface area contributed by atoms with Gasteiger partial charge in [-0.3, -0.25) is 9.79 Å². The third kappa shape index (κ3) is 5.80. The van der Waals surface area contributed by atoms with Crippen LogP contribution in [0.3, 0.4) is 0 Å². The first kappa shape index (κ1) is 20.5. The standard InChI is InChI=1S/C17H31N3O2.HI/c1-4-22-15(21)14-8-7-11-20(12-14)16(18-3)19-13-17(2)9-5-6-10-17;/h14H,4-13H2,1-3H3,(H,18,19);1H. The number of carbonyl (C=O) groups is 1. The van der Waals surface area contributed by atoms with E-state index in [-0.39, 0.29) is 35.9 Å². The molecule has 0 radical (unpaired) electrons. The Balaban J connectivity index is 0.00000264. The Hall–Kier alpha value is -0.530. The summed E-state index contributed by atoms with van der Waals surface area (Å²) in [5.41, 5.74) is 0.395. The number of rotatable bonds is 4. The zero-order valence-electron chi connectivity index (χ0n) is 14.8. The quantitative estimate of drug-likeness (QED) is 0.318. The Morgan fingerprint density at radius 3 is 2.65 bits per heavy atom. The van der Waals surface area contributed by atoms with Gasteiger partial charge in [-0.25, -0.2) is 0 Å². The lowest BCUT2D eigenvalue weighted by atomic mass is 9.89. The number of likely N-dealkylation sites (tertiary alicyclic amines) is 1. The number of piperidine rings is 1. The molecule has 2 aliphatic rings. The predicted octanol–water partition coefficient (Wildman–Crippen LogP) is 3.04. The highest BCUT2D eigenvalue weighted by molar-refractivity contribution is 14.0. The first-order valence-corrected chi connectivity index (χ1v) is 8.70. The van der Waals surface area contributed by atoms with Gasteiger partial charge < -0.3 is 15.0 Å².